The predicted octanol–water partition coefficient (Wildman–Crippen LogP) is 10.5. The highest BCUT2D eigenvalue weighted by Crippen LogP contribution is 2.55. The average Bonchev–Trinajstić information content (AvgIpc) is 3.05. The Balaban J connectivity index is 2.08. The molecule has 0 spiro atoms. The van der Waals surface area contributed by atoms with Crippen molar-refractivity contribution in [2.45, 2.75) is 75.7 Å². The van der Waals surface area contributed by atoms with Gasteiger partial charge in [-0.05, 0) is 112 Å². The first-order chi connectivity index (χ1) is 24.5. The maximum absolute atomic E-state index is 16.1. The molecule has 4 aromatic carbocycles. The fourth-order valence-corrected chi connectivity index (χ4v) is 11.0. The van der Waals surface area contributed by atoms with E-state index in [2.05, 4.69) is 0 Å². The van der Waals surface area contributed by atoms with Crippen LogP contribution in [-0.2, 0) is 0 Å². The molecule has 53 heavy (non-hydrogen) atoms. The van der Waals surface area contributed by atoms with Crippen LogP contribution in [0.5, 0.6) is 0 Å². The highest BCUT2D eigenvalue weighted by Gasteiger charge is 2.46. The second-order valence-corrected chi connectivity index (χ2v) is 17.2. The van der Waals surface area contributed by atoms with Crippen LogP contribution in [0.2, 0.25) is 0 Å². The first-order valence-corrected chi connectivity index (χ1v) is 18.3. The molecule has 0 bridgehead atoms. The molecular weight excluding hydrogens is 724 g/mol. The number of hydrogen-bond acceptors (Lipinski definition) is 0. The van der Waals surface area contributed by atoms with E-state index in [1.807, 2.05) is 86.6 Å². The number of allylic oxidation sites excluding steroid dienone is 4. The number of halogens is 10. The third-order valence-corrected chi connectivity index (χ3v) is 13.4. The van der Waals surface area contributed by atoms with Crippen LogP contribution >= 0.6 is 7.92 Å². The van der Waals surface area contributed by atoms with Gasteiger partial charge in [-0.3, -0.25) is 0 Å². The van der Waals surface area contributed by atoms with Gasteiger partial charge in [0.1, 0.15) is 0 Å². The Morgan fingerprint density at radius 2 is 0.811 bits per heavy atom. The third-order valence-electron chi connectivity index (χ3n) is 10.0. The molecule has 12 heteroatoms. The van der Waals surface area contributed by atoms with Crippen LogP contribution < -0.4 is 21.5 Å². The zero-order valence-electron chi connectivity index (χ0n) is 31.0. The van der Waals surface area contributed by atoms with Crippen LogP contribution in [0.25, 0.3) is 0 Å². The molecule has 1 aliphatic carbocycles. The summed E-state index contributed by atoms with van der Waals surface area (Å²) >= 11 is 0. The number of aryl methyl sites for hydroxylation is 6. The molecule has 0 saturated carbocycles. The van der Waals surface area contributed by atoms with Crippen molar-refractivity contribution >= 4 is 36.2 Å². The molecule has 280 valence electrons. The van der Waals surface area contributed by atoms with Gasteiger partial charge in [0, 0.05) is 10.9 Å². The number of benzene rings is 4. The monoisotopic (exact) mass is 762 g/mol. The molecule has 0 heterocycles. The first kappa shape index (κ1) is 40.3. The van der Waals surface area contributed by atoms with Crippen LogP contribution in [0.15, 0.2) is 46.7 Å². The Hall–Kier alpha value is -3.85. The van der Waals surface area contributed by atoms with Crippen molar-refractivity contribution in [1.29, 1.82) is 0 Å². The van der Waals surface area contributed by atoms with Gasteiger partial charge >= 0.3 is 0 Å². The zero-order valence-corrected chi connectivity index (χ0v) is 31.9. The Labute approximate surface area is 304 Å². The Morgan fingerprint density at radius 3 is 1.11 bits per heavy atom. The van der Waals surface area contributed by atoms with Crippen molar-refractivity contribution in [2.24, 2.45) is 11.3 Å². The number of hydrogen-bond donors (Lipinski definition) is 0. The summed E-state index contributed by atoms with van der Waals surface area (Å²) < 4.78 is 154. The van der Waals surface area contributed by atoms with E-state index in [1.165, 1.54) is 6.08 Å². The van der Waals surface area contributed by atoms with Gasteiger partial charge in [-0.15, -0.1) is 0 Å². The molecule has 0 amide bonds. The molecule has 0 aromatic heterocycles. The molecule has 0 N–H and O–H groups in total. The standard InChI is InChI=1S/C41H38BF10P/c1-17-11-19(3)38(20(4)12-17)53(39-21(5)13-18(2)14-22(39)6)40-23(7)15-24(41(8,9)10)16-25(40)42(26-28(43)32(47)36(51)33(48)29(26)44)27-30(45)34(49)37(52)35(50)31(27)46/h11-14,16,24H,15H2,1-10H3. The molecule has 0 nitrogen and oxygen atoms in total. The van der Waals surface area contributed by atoms with Gasteiger partial charge in [-0.2, -0.15) is 0 Å². The molecule has 5 rings (SSSR count). The van der Waals surface area contributed by atoms with Crippen molar-refractivity contribution in [3.05, 3.63) is 138 Å². The van der Waals surface area contributed by atoms with E-state index in [0.29, 0.717) is 12.0 Å². The highest BCUT2D eigenvalue weighted by molar-refractivity contribution is 7.77. The van der Waals surface area contributed by atoms with E-state index in [0.717, 1.165) is 44.0 Å². The van der Waals surface area contributed by atoms with E-state index in [4.69, 9.17) is 0 Å². The molecule has 0 aliphatic heterocycles. The molecule has 0 radical (unpaired) electrons. The summed E-state index contributed by atoms with van der Waals surface area (Å²) in [6, 6.07) is 7.68. The van der Waals surface area contributed by atoms with Crippen molar-refractivity contribution in [2.75, 3.05) is 0 Å². The summed E-state index contributed by atoms with van der Waals surface area (Å²) in [6.07, 6.45) is 1.76. The second kappa shape index (κ2) is 14.4. The maximum atomic E-state index is 16.1. The molecular formula is C41H38BF10P. The van der Waals surface area contributed by atoms with E-state index >= 15 is 35.1 Å². The topological polar surface area (TPSA) is 0 Å². The largest absolute Gasteiger partial charge is 0.257 e. The Bertz CT molecular complexity index is 2020. The fraction of sp³-hybridized carbons (Fsp3) is 0.317. The average molecular weight is 763 g/mol. The lowest BCUT2D eigenvalue weighted by Crippen LogP contribution is -2.53. The summed E-state index contributed by atoms with van der Waals surface area (Å²) in [5.74, 6) is -25.2. The minimum atomic E-state index is -2.68. The maximum Gasteiger partial charge on any atom is 0.257 e. The predicted molar refractivity (Wildman–Crippen MR) is 193 cm³/mol. The van der Waals surface area contributed by atoms with E-state index in [1.54, 1.807) is 6.92 Å². The summed E-state index contributed by atoms with van der Waals surface area (Å²) in [5, 5.41) is 1.77. The van der Waals surface area contributed by atoms with Crippen LogP contribution in [0.1, 0.15) is 67.5 Å². The van der Waals surface area contributed by atoms with Gasteiger partial charge in [0.25, 0.3) is 6.71 Å². The lowest BCUT2D eigenvalue weighted by atomic mass is 9.34. The number of rotatable bonds is 6. The minimum absolute atomic E-state index is 0.267. The molecule has 4 aromatic rings. The fourth-order valence-electron chi connectivity index (χ4n) is 7.73. The van der Waals surface area contributed by atoms with E-state index in [-0.39, 0.29) is 10.8 Å². The SMILES string of the molecule is CC1=C(P(c2c(C)cc(C)cc2C)c2c(C)cc(C)cc2C)C(B(c2c(F)c(F)c(F)c(F)c2F)c2c(F)c(F)c(F)c(F)c2F)=CC(C(C)(C)C)C1. The van der Waals surface area contributed by atoms with E-state index < -0.39 is 95.1 Å². The van der Waals surface area contributed by atoms with Gasteiger partial charge in [0.15, 0.2) is 58.2 Å². The minimum Gasteiger partial charge on any atom is -0.204 e. The lowest BCUT2D eigenvalue weighted by Gasteiger charge is -2.40. The lowest BCUT2D eigenvalue weighted by molar-refractivity contribution is 0.288. The van der Waals surface area contributed by atoms with E-state index in [9.17, 15) is 8.78 Å². The van der Waals surface area contributed by atoms with Gasteiger partial charge in [0.05, 0.1) is 0 Å². The summed E-state index contributed by atoms with van der Waals surface area (Å²) in [5.41, 5.74) is 1.08. The van der Waals surface area contributed by atoms with Gasteiger partial charge in [-0.25, -0.2) is 43.9 Å². The summed E-state index contributed by atoms with van der Waals surface area (Å²) in [4.78, 5) is 0. The Kier molecular flexibility index (Phi) is 11.0. The van der Waals surface area contributed by atoms with Gasteiger partial charge in [-0.1, -0.05) is 73.3 Å². The quantitative estimate of drug-likeness (QED) is 0.0604. The summed E-state index contributed by atoms with van der Waals surface area (Å²) in [7, 11) is -1.91. The smallest absolute Gasteiger partial charge is 0.204 e. The van der Waals surface area contributed by atoms with Crippen LogP contribution in [0.3, 0.4) is 0 Å². The van der Waals surface area contributed by atoms with Crippen molar-refractivity contribution in [3.63, 3.8) is 0 Å². The second-order valence-electron chi connectivity index (χ2n) is 15.2. The molecule has 0 saturated heterocycles. The third kappa shape index (κ3) is 6.87. The van der Waals surface area contributed by atoms with Crippen molar-refractivity contribution in [3.8, 4) is 0 Å². The van der Waals surface area contributed by atoms with Crippen molar-refractivity contribution < 1.29 is 43.9 Å². The van der Waals surface area contributed by atoms with Crippen LogP contribution in [-0.4, -0.2) is 6.71 Å². The summed E-state index contributed by atoms with van der Waals surface area (Å²) in [6.45, 7) is 15.7. The Morgan fingerprint density at radius 1 is 0.509 bits per heavy atom. The van der Waals surface area contributed by atoms with Crippen LogP contribution in [0.4, 0.5) is 43.9 Å². The molecule has 1 atom stereocenters. The normalized spacial score (nSPS) is 15.1. The first-order valence-electron chi connectivity index (χ1n) is 16.9. The molecule has 1 unspecified atom stereocenters. The molecule has 0 fully saturated rings. The molecule has 1 aliphatic rings. The van der Waals surface area contributed by atoms with Gasteiger partial charge in [0.2, 0.25) is 0 Å². The van der Waals surface area contributed by atoms with Gasteiger partial charge < -0.3 is 0 Å². The highest BCUT2D eigenvalue weighted by atomic mass is 31.1. The zero-order chi connectivity index (χ0) is 39.8. The van der Waals surface area contributed by atoms with Crippen molar-refractivity contribution in [1.82, 2.24) is 0 Å². The van der Waals surface area contributed by atoms with Crippen LogP contribution in [0, 0.1) is 111 Å².